The number of benzene rings is 2. The van der Waals surface area contributed by atoms with Crippen molar-refractivity contribution in [1.29, 1.82) is 0 Å². The topological polar surface area (TPSA) is 17.3 Å². The van der Waals surface area contributed by atoms with Crippen molar-refractivity contribution in [1.82, 2.24) is 4.57 Å². The molecule has 0 fully saturated rings. The monoisotopic (exact) mass is 298 g/mol. The Kier molecular flexibility index (Phi) is 3.84. The number of hydrogen-bond donors (Lipinski definition) is 0. The van der Waals surface area contributed by atoms with E-state index in [-0.39, 0.29) is 5.82 Å². The first-order valence-electron chi connectivity index (χ1n) is 6.45. The number of nitrogens with zero attached hydrogens (tertiary/aromatic N) is 2. The molecule has 0 N–H and O–H groups in total. The van der Waals surface area contributed by atoms with E-state index in [1.54, 1.807) is 18.3 Å². The van der Waals surface area contributed by atoms with Crippen LogP contribution >= 0.6 is 11.6 Å². The molecular weight excluding hydrogens is 287 g/mol. The molecule has 21 heavy (non-hydrogen) atoms. The van der Waals surface area contributed by atoms with Crippen LogP contribution in [0.1, 0.15) is 5.69 Å². The fourth-order valence-electron chi connectivity index (χ4n) is 2.00. The van der Waals surface area contributed by atoms with Crippen molar-refractivity contribution in [2.75, 3.05) is 0 Å². The first-order valence-corrected chi connectivity index (χ1v) is 6.83. The minimum atomic E-state index is -0.265. The fourth-order valence-corrected chi connectivity index (χ4v) is 2.13. The van der Waals surface area contributed by atoms with Gasteiger partial charge in [0, 0.05) is 16.9 Å². The number of rotatable bonds is 3. The summed E-state index contributed by atoms with van der Waals surface area (Å²) >= 11 is 5.90. The molecule has 0 aliphatic carbocycles. The van der Waals surface area contributed by atoms with Crippen LogP contribution in [-0.2, 0) is 0 Å². The molecule has 0 amide bonds. The maximum atomic E-state index is 12.9. The van der Waals surface area contributed by atoms with E-state index in [2.05, 4.69) is 4.99 Å². The van der Waals surface area contributed by atoms with Crippen molar-refractivity contribution >= 4 is 23.5 Å². The zero-order valence-corrected chi connectivity index (χ0v) is 11.8. The van der Waals surface area contributed by atoms with Gasteiger partial charge in [0.1, 0.15) is 5.82 Å². The lowest BCUT2D eigenvalue weighted by Gasteiger charge is -2.06. The largest absolute Gasteiger partial charge is 0.316 e. The van der Waals surface area contributed by atoms with Gasteiger partial charge >= 0.3 is 0 Å². The predicted molar refractivity (Wildman–Crippen MR) is 84.4 cm³/mol. The van der Waals surface area contributed by atoms with Gasteiger partial charge in [-0.05, 0) is 60.7 Å². The van der Waals surface area contributed by atoms with Gasteiger partial charge in [-0.15, -0.1) is 0 Å². The Bertz CT molecular complexity index is 758. The van der Waals surface area contributed by atoms with Gasteiger partial charge in [0.15, 0.2) is 0 Å². The lowest BCUT2D eigenvalue weighted by Crippen LogP contribution is -1.97. The zero-order valence-electron chi connectivity index (χ0n) is 11.1. The zero-order chi connectivity index (χ0) is 14.7. The van der Waals surface area contributed by atoms with E-state index in [0.717, 1.165) is 11.4 Å². The summed E-state index contributed by atoms with van der Waals surface area (Å²) in [6.07, 6.45) is 3.71. The Labute approximate surface area is 127 Å². The molecule has 0 aliphatic heterocycles. The smallest absolute Gasteiger partial charge is 0.123 e. The molecule has 0 radical (unpaired) electrons. The van der Waals surface area contributed by atoms with Crippen molar-refractivity contribution in [3.63, 3.8) is 0 Å². The van der Waals surface area contributed by atoms with Crippen LogP contribution in [0.4, 0.5) is 10.1 Å². The van der Waals surface area contributed by atoms with Crippen LogP contribution in [0.5, 0.6) is 0 Å². The number of aliphatic imine (C=N–C) groups is 1. The number of halogens is 2. The lowest BCUT2D eigenvalue weighted by atomic mass is 10.3. The van der Waals surface area contributed by atoms with E-state index in [1.807, 2.05) is 47.2 Å². The molecule has 1 heterocycles. The van der Waals surface area contributed by atoms with Crippen LogP contribution in [0, 0.1) is 5.82 Å². The molecule has 4 heteroatoms. The normalized spacial score (nSPS) is 11.1. The maximum Gasteiger partial charge on any atom is 0.123 e. The van der Waals surface area contributed by atoms with Gasteiger partial charge in [0.25, 0.3) is 0 Å². The summed E-state index contributed by atoms with van der Waals surface area (Å²) in [7, 11) is 0. The molecule has 0 atom stereocenters. The molecule has 0 bridgehead atoms. The van der Waals surface area contributed by atoms with Crippen molar-refractivity contribution in [3.8, 4) is 5.69 Å². The van der Waals surface area contributed by atoms with E-state index in [9.17, 15) is 4.39 Å². The van der Waals surface area contributed by atoms with E-state index in [4.69, 9.17) is 11.6 Å². The summed E-state index contributed by atoms with van der Waals surface area (Å²) in [5, 5.41) is 0.701. The predicted octanol–water partition coefficient (Wildman–Crippen LogP) is 5.02. The van der Waals surface area contributed by atoms with Crippen LogP contribution in [0.2, 0.25) is 5.02 Å². The molecule has 0 saturated carbocycles. The third-order valence-electron chi connectivity index (χ3n) is 3.06. The molecule has 0 unspecified atom stereocenters. The molecule has 0 aliphatic rings. The first kappa shape index (κ1) is 13.6. The Morgan fingerprint density at radius 2 is 1.67 bits per heavy atom. The van der Waals surface area contributed by atoms with Crippen molar-refractivity contribution < 1.29 is 4.39 Å². The average Bonchev–Trinajstić information content (AvgIpc) is 2.96. The second kappa shape index (κ2) is 5.94. The van der Waals surface area contributed by atoms with E-state index < -0.39 is 0 Å². The first-order chi connectivity index (χ1) is 10.2. The Balaban J connectivity index is 1.88. The summed E-state index contributed by atoms with van der Waals surface area (Å²) in [6, 6.07) is 17.5. The van der Waals surface area contributed by atoms with Crippen LogP contribution in [0.15, 0.2) is 71.9 Å². The van der Waals surface area contributed by atoms with Gasteiger partial charge in [0.05, 0.1) is 17.6 Å². The third kappa shape index (κ3) is 3.20. The minimum Gasteiger partial charge on any atom is -0.316 e. The Morgan fingerprint density at radius 1 is 0.952 bits per heavy atom. The van der Waals surface area contributed by atoms with Crippen molar-refractivity contribution in [3.05, 3.63) is 83.4 Å². The van der Waals surface area contributed by atoms with Gasteiger partial charge in [-0.3, -0.25) is 4.99 Å². The van der Waals surface area contributed by atoms with Crippen LogP contribution < -0.4 is 0 Å². The average molecular weight is 299 g/mol. The van der Waals surface area contributed by atoms with Crippen LogP contribution in [0.3, 0.4) is 0 Å². The molecule has 2 aromatic carbocycles. The molecule has 0 saturated heterocycles. The standard InChI is InChI=1S/C17H12ClFN2/c18-13-3-9-16(10-4-13)21-11-1-2-17(21)12-20-15-7-5-14(19)6-8-15/h1-12H. The molecule has 104 valence electrons. The molecular formula is C17H12ClFN2. The second-order valence-electron chi connectivity index (χ2n) is 4.51. The molecule has 3 aromatic rings. The summed E-state index contributed by atoms with van der Waals surface area (Å²) in [5.74, 6) is -0.265. The fraction of sp³-hybridized carbons (Fsp3) is 0. The molecule has 0 spiro atoms. The summed E-state index contributed by atoms with van der Waals surface area (Å²) < 4.78 is 14.9. The van der Waals surface area contributed by atoms with Crippen molar-refractivity contribution in [2.24, 2.45) is 4.99 Å². The molecule has 3 rings (SSSR count). The minimum absolute atomic E-state index is 0.265. The number of hydrogen-bond acceptors (Lipinski definition) is 1. The second-order valence-corrected chi connectivity index (χ2v) is 4.95. The number of aromatic nitrogens is 1. The molecule has 2 nitrogen and oxygen atoms in total. The highest BCUT2D eigenvalue weighted by Crippen LogP contribution is 2.17. The van der Waals surface area contributed by atoms with Crippen LogP contribution in [0.25, 0.3) is 5.69 Å². The third-order valence-corrected chi connectivity index (χ3v) is 3.31. The highest BCUT2D eigenvalue weighted by atomic mass is 35.5. The maximum absolute atomic E-state index is 12.9. The summed E-state index contributed by atoms with van der Waals surface area (Å²) in [4.78, 5) is 4.35. The highest BCUT2D eigenvalue weighted by molar-refractivity contribution is 6.30. The van der Waals surface area contributed by atoms with E-state index >= 15 is 0 Å². The van der Waals surface area contributed by atoms with Crippen molar-refractivity contribution in [2.45, 2.75) is 0 Å². The van der Waals surface area contributed by atoms with Gasteiger partial charge in [-0.1, -0.05) is 11.6 Å². The highest BCUT2D eigenvalue weighted by Gasteiger charge is 2.01. The quantitative estimate of drug-likeness (QED) is 0.604. The van der Waals surface area contributed by atoms with E-state index in [1.165, 1.54) is 12.1 Å². The van der Waals surface area contributed by atoms with E-state index in [0.29, 0.717) is 10.7 Å². The SMILES string of the molecule is Fc1ccc(N=Cc2cccn2-c2ccc(Cl)cc2)cc1. The Morgan fingerprint density at radius 3 is 2.38 bits per heavy atom. The Hall–Kier alpha value is -2.39. The lowest BCUT2D eigenvalue weighted by molar-refractivity contribution is 0.628. The molecule has 1 aromatic heterocycles. The summed E-state index contributed by atoms with van der Waals surface area (Å²) in [5.41, 5.74) is 2.65. The van der Waals surface area contributed by atoms with Gasteiger partial charge in [-0.2, -0.15) is 0 Å². The summed E-state index contributed by atoms with van der Waals surface area (Å²) in [6.45, 7) is 0. The van der Waals surface area contributed by atoms with Crippen LogP contribution in [-0.4, -0.2) is 10.8 Å². The van der Waals surface area contributed by atoms with Gasteiger partial charge in [0.2, 0.25) is 0 Å². The van der Waals surface area contributed by atoms with Gasteiger partial charge < -0.3 is 4.57 Å². The van der Waals surface area contributed by atoms with Gasteiger partial charge in [-0.25, -0.2) is 4.39 Å².